The van der Waals surface area contributed by atoms with Crippen LogP contribution in [0.5, 0.6) is 5.75 Å². The van der Waals surface area contributed by atoms with E-state index in [-0.39, 0.29) is 24.2 Å². The van der Waals surface area contributed by atoms with Gasteiger partial charge < -0.3 is 19.9 Å². The van der Waals surface area contributed by atoms with E-state index in [0.29, 0.717) is 25.6 Å². The van der Waals surface area contributed by atoms with Crippen molar-refractivity contribution in [3.8, 4) is 5.75 Å². The van der Waals surface area contributed by atoms with Gasteiger partial charge >= 0.3 is 0 Å². The molecule has 158 valence electrons. The maximum absolute atomic E-state index is 12.7. The van der Waals surface area contributed by atoms with Gasteiger partial charge in [-0.15, -0.1) is 0 Å². The molecule has 0 saturated carbocycles. The fraction of sp³-hybridized carbons (Fsp3) is 0.417. The predicted molar refractivity (Wildman–Crippen MR) is 118 cm³/mol. The third kappa shape index (κ3) is 4.58. The summed E-state index contributed by atoms with van der Waals surface area (Å²) in [5, 5.41) is 3.09. The summed E-state index contributed by atoms with van der Waals surface area (Å²) in [7, 11) is 0. The van der Waals surface area contributed by atoms with Gasteiger partial charge in [0, 0.05) is 44.0 Å². The number of benzene rings is 2. The molecule has 2 amide bonds. The minimum atomic E-state index is -0.296. The number of carbonyl (C=O) groups excluding carboxylic acids is 2. The fourth-order valence-electron chi connectivity index (χ4n) is 4.28. The third-order valence-electron chi connectivity index (χ3n) is 5.93. The first-order chi connectivity index (χ1) is 14.6. The number of para-hydroxylation sites is 1. The number of hydrogen-bond acceptors (Lipinski definition) is 4. The summed E-state index contributed by atoms with van der Waals surface area (Å²) in [6, 6.07) is 17.9. The largest absolute Gasteiger partial charge is 0.494 e. The molecule has 2 fully saturated rings. The van der Waals surface area contributed by atoms with Crippen LogP contribution in [0.1, 0.15) is 19.8 Å². The second-order valence-corrected chi connectivity index (χ2v) is 8.01. The Hall–Kier alpha value is -3.02. The van der Waals surface area contributed by atoms with Crippen LogP contribution in [0.2, 0.25) is 0 Å². The molecule has 2 aliphatic heterocycles. The highest BCUT2D eigenvalue weighted by Crippen LogP contribution is 2.27. The number of hydrogen-bond donors (Lipinski definition) is 1. The Bertz CT molecular complexity index is 869. The zero-order valence-corrected chi connectivity index (χ0v) is 17.4. The second-order valence-electron chi connectivity index (χ2n) is 8.01. The topological polar surface area (TPSA) is 61.9 Å². The van der Waals surface area contributed by atoms with Gasteiger partial charge in [0.15, 0.2) is 0 Å². The Morgan fingerprint density at radius 1 is 1.07 bits per heavy atom. The Labute approximate surface area is 177 Å². The van der Waals surface area contributed by atoms with E-state index in [4.69, 9.17) is 4.74 Å². The molecule has 4 rings (SSSR count). The van der Waals surface area contributed by atoms with Crippen LogP contribution >= 0.6 is 0 Å². The lowest BCUT2D eigenvalue weighted by Gasteiger charge is -2.19. The highest BCUT2D eigenvalue weighted by atomic mass is 16.5. The van der Waals surface area contributed by atoms with E-state index in [0.717, 1.165) is 30.9 Å². The van der Waals surface area contributed by atoms with Gasteiger partial charge in [-0.05, 0) is 55.7 Å². The van der Waals surface area contributed by atoms with Crippen molar-refractivity contribution in [1.82, 2.24) is 5.32 Å². The van der Waals surface area contributed by atoms with Crippen LogP contribution in [0.25, 0.3) is 0 Å². The first-order valence-electron chi connectivity index (χ1n) is 10.7. The van der Waals surface area contributed by atoms with Crippen LogP contribution in [0.4, 0.5) is 11.4 Å². The molecule has 2 heterocycles. The molecular formula is C24H29N3O3. The van der Waals surface area contributed by atoms with Crippen LogP contribution in [0.3, 0.4) is 0 Å². The highest BCUT2D eigenvalue weighted by molar-refractivity contribution is 6.00. The number of carbonyl (C=O) groups is 2. The van der Waals surface area contributed by atoms with Crippen molar-refractivity contribution in [1.29, 1.82) is 0 Å². The van der Waals surface area contributed by atoms with Crippen LogP contribution in [-0.4, -0.2) is 44.6 Å². The quantitative estimate of drug-likeness (QED) is 0.766. The van der Waals surface area contributed by atoms with Crippen molar-refractivity contribution in [3.63, 3.8) is 0 Å². The van der Waals surface area contributed by atoms with Gasteiger partial charge in [0.1, 0.15) is 5.75 Å². The standard InChI is InChI=1S/C24H29N3O3/c1-2-30-22-10-8-21(9-11-22)27-17-19(14-23(27)28)24(29)25-15-18-12-13-26(16-18)20-6-4-3-5-7-20/h3-11,18-19H,2,12-17H2,1H3,(H,25,29). The van der Waals surface area contributed by atoms with E-state index in [2.05, 4.69) is 34.5 Å². The SMILES string of the molecule is CCOc1ccc(N2CC(C(=O)NCC3CCN(c4ccccc4)C3)CC2=O)cc1. The summed E-state index contributed by atoms with van der Waals surface area (Å²) in [6.45, 7) is 5.60. The molecular weight excluding hydrogens is 378 g/mol. The Morgan fingerprint density at radius 2 is 1.83 bits per heavy atom. The molecule has 30 heavy (non-hydrogen) atoms. The normalized spacial score (nSPS) is 21.2. The smallest absolute Gasteiger partial charge is 0.227 e. The first kappa shape index (κ1) is 20.3. The molecule has 0 bridgehead atoms. The number of nitrogens with zero attached hydrogens (tertiary/aromatic N) is 2. The molecule has 2 unspecified atom stereocenters. The summed E-state index contributed by atoms with van der Waals surface area (Å²) < 4.78 is 5.46. The molecule has 1 N–H and O–H groups in total. The molecule has 2 aliphatic rings. The molecule has 2 aromatic carbocycles. The second kappa shape index (κ2) is 9.20. The van der Waals surface area contributed by atoms with Gasteiger partial charge in [-0.25, -0.2) is 0 Å². The van der Waals surface area contributed by atoms with Crippen molar-refractivity contribution >= 4 is 23.2 Å². The zero-order valence-electron chi connectivity index (χ0n) is 17.4. The zero-order chi connectivity index (χ0) is 20.9. The molecule has 6 heteroatoms. The molecule has 0 radical (unpaired) electrons. The van der Waals surface area contributed by atoms with E-state index in [1.165, 1.54) is 5.69 Å². The molecule has 2 aromatic rings. The van der Waals surface area contributed by atoms with E-state index < -0.39 is 0 Å². The summed E-state index contributed by atoms with van der Waals surface area (Å²) in [4.78, 5) is 29.2. The van der Waals surface area contributed by atoms with E-state index in [1.807, 2.05) is 37.3 Å². The third-order valence-corrected chi connectivity index (χ3v) is 5.93. The van der Waals surface area contributed by atoms with Crippen LogP contribution in [-0.2, 0) is 9.59 Å². The van der Waals surface area contributed by atoms with Gasteiger partial charge in [0.25, 0.3) is 0 Å². The van der Waals surface area contributed by atoms with E-state index in [9.17, 15) is 9.59 Å². The number of nitrogens with one attached hydrogen (secondary N) is 1. The highest BCUT2D eigenvalue weighted by Gasteiger charge is 2.35. The number of ether oxygens (including phenoxy) is 1. The first-order valence-corrected chi connectivity index (χ1v) is 10.7. The average Bonchev–Trinajstić information content (AvgIpc) is 3.40. The minimum absolute atomic E-state index is 0.00423. The Morgan fingerprint density at radius 3 is 2.57 bits per heavy atom. The molecule has 2 saturated heterocycles. The summed E-state index contributed by atoms with van der Waals surface area (Å²) in [5.41, 5.74) is 2.05. The van der Waals surface area contributed by atoms with Crippen LogP contribution < -0.4 is 19.9 Å². The van der Waals surface area contributed by atoms with Gasteiger partial charge in [-0.2, -0.15) is 0 Å². The molecule has 0 spiro atoms. The fourth-order valence-corrected chi connectivity index (χ4v) is 4.28. The summed E-state index contributed by atoms with van der Waals surface area (Å²) >= 11 is 0. The average molecular weight is 408 g/mol. The summed E-state index contributed by atoms with van der Waals surface area (Å²) in [5.74, 6) is 0.901. The number of anilines is 2. The lowest BCUT2D eigenvalue weighted by molar-refractivity contribution is -0.126. The maximum Gasteiger partial charge on any atom is 0.227 e. The molecule has 2 atom stereocenters. The predicted octanol–water partition coefficient (Wildman–Crippen LogP) is 3.08. The van der Waals surface area contributed by atoms with Gasteiger partial charge in [0.05, 0.1) is 12.5 Å². The van der Waals surface area contributed by atoms with Gasteiger partial charge in [-0.3, -0.25) is 9.59 Å². The van der Waals surface area contributed by atoms with Crippen molar-refractivity contribution in [3.05, 3.63) is 54.6 Å². The molecule has 6 nitrogen and oxygen atoms in total. The van der Waals surface area contributed by atoms with Crippen LogP contribution in [0, 0.1) is 11.8 Å². The van der Waals surface area contributed by atoms with Crippen molar-refractivity contribution in [2.24, 2.45) is 11.8 Å². The maximum atomic E-state index is 12.7. The van der Waals surface area contributed by atoms with Crippen LogP contribution in [0.15, 0.2) is 54.6 Å². The van der Waals surface area contributed by atoms with E-state index in [1.54, 1.807) is 4.90 Å². The van der Waals surface area contributed by atoms with Gasteiger partial charge in [-0.1, -0.05) is 18.2 Å². The number of rotatable bonds is 7. The van der Waals surface area contributed by atoms with E-state index >= 15 is 0 Å². The molecule has 0 aromatic heterocycles. The van der Waals surface area contributed by atoms with Crippen molar-refractivity contribution in [2.75, 3.05) is 42.6 Å². The Kier molecular flexibility index (Phi) is 6.21. The summed E-state index contributed by atoms with van der Waals surface area (Å²) in [6.07, 6.45) is 1.33. The minimum Gasteiger partial charge on any atom is -0.494 e. The Balaban J connectivity index is 1.27. The lowest BCUT2D eigenvalue weighted by Crippen LogP contribution is -2.36. The van der Waals surface area contributed by atoms with Crippen molar-refractivity contribution < 1.29 is 14.3 Å². The van der Waals surface area contributed by atoms with Gasteiger partial charge in [0.2, 0.25) is 11.8 Å². The molecule has 0 aliphatic carbocycles. The van der Waals surface area contributed by atoms with Crippen molar-refractivity contribution in [2.45, 2.75) is 19.8 Å². The monoisotopic (exact) mass is 407 g/mol. The lowest BCUT2D eigenvalue weighted by atomic mass is 10.1. The number of amides is 2.